The van der Waals surface area contributed by atoms with E-state index in [-0.39, 0.29) is 0 Å². The zero-order chi connectivity index (χ0) is 15.0. The van der Waals surface area contributed by atoms with Crippen molar-refractivity contribution in [3.05, 3.63) is 59.5 Å². The minimum Gasteiger partial charge on any atom is -0.337 e. The molecular formula is C15H11B2NOS2. The van der Waals surface area contributed by atoms with Gasteiger partial charge >= 0.3 is 0 Å². The first-order valence-corrected chi connectivity index (χ1v) is 8.29. The van der Waals surface area contributed by atoms with Gasteiger partial charge in [-0.25, -0.2) is 4.21 Å². The molecule has 21 heavy (non-hydrogen) atoms. The molecule has 0 spiro atoms. The average molecular weight is 307 g/mol. The Balaban J connectivity index is 1.98. The Labute approximate surface area is 132 Å². The fourth-order valence-corrected chi connectivity index (χ4v) is 4.43. The summed E-state index contributed by atoms with van der Waals surface area (Å²) in [7, 11) is 10.0. The lowest BCUT2D eigenvalue weighted by molar-refractivity contribution is 0.684. The van der Waals surface area contributed by atoms with Gasteiger partial charge in [0.1, 0.15) is 0 Å². The number of thiophene rings is 1. The summed E-state index contributed by atoms with van der Waals surface area (Å²) in [5.74, 6) is 0. The summed E-state index contributed by atoms with van der Waals surface area (Å²) in [4.78, 5) is 1.35. The molecule has 3 aromatic rings. The number of rotatable bonds is 3. The number of hydrogen-bond acceptors (Lipinski definition) is 3. The summed E-state index contributed by atoms with van der Waals surface area (Å²) in [6, 6.07) is 17.2. The van der Waals surface area contributed by atoms with Crippen LogP contribution in [-0.2, 0) is 16.1 Å². The minimum atomic E-state index is -1.39. The van der Waals surface area contributed by atoms with E-state index in [0.717, 1.165) is 15.7 Å². The quantitative estimate of drug-likeness (QED) is 0.755. The van der Waals surface area contributed by atoms with E-state index < -0.39 is 16.1 Å². The van der Waals surface area contributed by atoms with E-state index in [0.29, 0.717) is 9.09 Å². The van der Waals surface area contributed by atoms with Crippen LogP contribution in [0.1, 0.15) is 4.88 Å². The van der Waals surface area contributed by atoms with Crippen molar-refractivity contribution in [1.29, 1.82) is 0 Å². The molecule has 2 nitrogen and oxygen atoms in total. The molecule has 1 aromatic heterocycles. The van der Waals surface area contributed by atoms with E-state index in [1.165, 1.54) is 11.3 Å². The Morgan fingerprint density at radius 1 is 1.00 bits per heavy atom. The van der Waals surface area contributed by atoms with Crippen LogP contribution >= 0.6 is 11.3 Å². The van der Waals surface area contributed by atoms with Crippen molar-refractivity contribution in [2.45, 2.75) is 14.4 Å². The first kappa shape index (κ1) is 14.6. The van der Waals surface area contributed by atoms with Crippen LogP contribution in [-0.4, -0.2) is 19.9 Å². The van der Waals surface area contributed by atoms with Crippen LogP contribution in [0.15, 0.2) is 63.7 Å². The zero-order valence-corrected chi connectivity index (χ0v) is 12.8. The summed E-state index contributed by atoms with van der Waals surface area (Å²) in [5.41, 5.74) is 5.65. The normalized spacial score (nSPS) is 13.4. The lowest BCUT2D eigenvalue weighted by Crippen LogP contribution is -2.36. The number of nitrogens with two attached hydrogens (primary N) is 1. The molecule has 2 N–H and O–H groups in total. The smallest absolute Gasteiger partial charge is 0.0962 e. The Morgan fingerprint density at radius 3 is 2.38 bits per heavy atom. The standard InChI is InChI=1S/C15H11B2NOS2/c16-15(17,18)13-7-8-14(20-13)21(19)12-6-5-10-3-1-2-4-11(10)9-12/h1-9H,18H2. The third-order valence-corrected chi connectivity index (χ3v) is 6.06. The second-order valence-electron chi connectivity index (χ2n) is 4.83. The Hall–Kier alpha value is -1.36. The molecule has 0 amide bonds. The Morgan fingerprint density at radius 2 is 1.71 bits per heavy atom. The van der Waals surface area contributed by atoms with Crippen LogP contribution < -0.4 is 5.73 Å². The van der Waals surface area contributed by atoms with Crippen molar-refractivity contribution in [3.8, 4) is 0 Å². The van der Waals surface area contributed by atoms with Crippen LogP contribution in [0.5, 0.6) is 0 Å². The summed E-state index contributed by atoms with van der Waals surface area (Å²) >= 11 is 1.27. The van der Waals surface area contributed by atoms with E-state index in [1.54, 1.807) is 12.1 Å². The molecule has 0 aliphatic carbocycles. The van der Waals surface area contributed by atoms with E-state index >= 15 is 0 Å². The van der Waals surface area contributed by atoms with Gasteiger partial charge in [0.2, 0.25) is 0 Å². The monoisotopic (exact) mass is 307 g/mol. The van der Waals surface area contributed by atoms with Crippen molar-refractivity contribution in [1.82, 2.24) is 0 Å². The van der Waals surface area contributed by atoms with Crippen LogP contribution in [0.25, 0.3) is 10.8 Å². The molecule has 0 fully saturated rings. The van der Waals surface area contributed by atoms with Gasteiger partial charge in [0.15, 0.2) is 0 Å². The highest BCUT2D eigenvalue weighted by molar-refractivity contribution is 7.87. The highest BCUT2D eigenvalue weighted by Crippen LogP contribution is 2.29. The topological polar surface area (TPSA) is 43.1 Å². The van der Waals surface area contributed by atoms with E-state index in [4.69, 9.17) is 21.4 Å². The molecule has 6 heteroatoms. The minimum absolute atomic E-state index is 0.603. The fourth-order valence-electron chi connectivity index (χ4n) is 2.05. The number of benzene rings is 2. The van der Waals surface area contributed by atoms with Crippen molar-refractivity contribution < 1.29 is 4.21 Å². The third-order valence-electron chi connectivity index (χ3n) is 3.13. The Kier molecular flexibility index (Phi) is 3.78. The van der Waals surface area contributed by atoms with Gasteiger partial charge in [0, 0.05) is 9.77 Å². The second kappa shape index (κ2) is 5.44. The zero-order valence-electron chi connectivity index (χ0n) is 11.2. The molecule has 0 aliphatic heterocycles. The lowest BCUT2D eigenvalue weighted by Gasteiger charge is -2.16. The summed E-state index contributed by atoms with van der Waals surface area (Å²) < 4.78 is 13.3. The third kappa shape index (κ3) is 2.98. The van der Waals surface area contributed by atoms with Crippen LogP contribution in [0.2, 0.25) is 0 Å². The average Bonchev–Trinajstić information content (AvgIpc) is 2.96. The molecule has 1 heterocycles. The molecule has 2 aromatic carbocycles. The first-order valence-electron chi connectivity index (χ1n) is 6.33. The molecule has 1 atom stereocenters. The highest BCUT2D eigenvalue weighted by Gasteiger charge is 2.18. The van der Waals surface area contributed by atoms with Gasteiger partial charge in [0.05, 0.1) is 30.7 Å². The molecule has 3 rings (SSSR count). The van der Waals surface area contributed by atoms with Gasteiger partial charge in [0.25, 0.3) is 0 Å². The molecular weight excluding hydrogens is 296 g/mol. The van der Waals surface area contributed by atoms with Gasteiger partial charge in [-0.1, -0.05) is 30.3 Å². The fraction of sp³-hybridized carbons (Fsp3) is 0.0667. The van der Waals surface area contributed by atoms with Gasteiger partial charge in [-0.3, -0.25) is 0 Å². The number of hydrogen-bond donors (Lipinski definition) is 1. The van der Waals surface area contributed by atoms with E-state index in [1.807, 2.05) is 42.5 Å². The SMILES string of the molecule is [B]C([B])(N)c1ccc(S(=O)c2ccc3ccccc3c2)s1. The first-order chi connectivity index (χ1) is 9.95. The molecule has 0 saturated carbocycles. The van der Waals surface area contributed by atoms with Gasteiger partial charge in [-0.2, -0.15) is 0 Å². The van der Waals surface area contributed by atoms with Crippen molar-refractivity contribution >= 4 is 48.6 Å². The summed E-state index contributed by atoms with van der Waals surface area (Å²) in [6.07, 6.45) is 0. The maximum absolute atomic E-state index is 12.6. The molecule has 4 radical (unpaired) electrons. The molecule has 0 saturated heterocycles. The van der Waals surface area contributed by atoms with Crippen LogP contribution in [0, 0.1) is 0 Å². The summed E-state index contributed by atoms with van der Waals surface area (Å²) in [6.45, 7) is 0. The van der Waals surface area contributed by atoms with Crippen LogP contribution in [0.3, 0.4) is 0 Å². The second-order valence-corrected chi connectivity index (χ2v) is 7.62. The van der Waals surface area contributed by atoms with E-state index in [2.05, 4.69) is 0 Å². The predicted molar refractivity (Wildman–Crippen MR) is 90.3 cm³/mol. The van der Waals surface area contributed by atoms with Crippen molar-refractivity contribution in [2.75, 3.05) is 0 Å². The van der Waals surface area contributed by atoms with Crippen LogP contribution in [0.4, 0.5) is 0 Å². The summed E-state index contributed by atoms with van der Waals surface area (Å²) in [5, 5.41) is 0.789. The molecule has 0 bridgehead atoms. The van der Waals surface area contributed by atoms with Gasteiger partial charge < -0.3 is 5.73 Å². The van der Waals surface area contributed by atoms with Gasteiger partial charge in [-0.15, -0.1) is 11.3 Å². The maximum Gasteiger partial charge on any atom is 0.0962 e. The molecule has 1 unspecified atom stereocenters. The van der Waals surface area contributed by atoms with Crippen molar-refractivity contribution in [3.63, 3.8) is 0 Å². The van der Waals surface area contributed by atoms with Gasteiger partial charge in [-0.05, 0) is 40.4 Å². The van der Waals surface area contributed by atoms with E-state index in [9.17, 15) is 4.21 Å². The molecule has 0 aliphatic rings. The Bertz CT molecular complexity index is 824. The predicted octanol–water partition coefficient (Wildman–Crippen LogP) is 2.47. The number of fused-ring (bicyclic) bond motifs is 1. The lowest BCUT2D eigenvalue weighted by atomic mass is 9.62. The maximum atomic E-state index is 12.6. The molecule has 100 valence electrons. The highest BCUT2D eigenvalue weighted by atomic mass is 32.2. The van der Waals surface area contributed by atoms with Crippen molar-refractivity contribution in [2.24, 2.45) is 5.73 Å². The largest absolute Gasteiger partial charge is 0.337 e.